The number of alkyl halides is 3. The first-order chi connectivity index (χ1) is 15.3. The third-order valence-corrected chi connectivity index (χ3v) is 4.98. The van der Waals surface area contributed by atoms with Gasteiger partial charge in [-0.2, -0.15) is 13.2 Å². The van der Waals surface area contributed by atoms with Gasteiger partial charge in [0, 0.05) is 25.0 Å². The Morgan fingerprint density at radius 2 is 2.06 bits per heavy atom. The van der Waals surface area contributed by atoms with Crippen LogP contribution in [0.4, 0.5) is 18.9 Å². The zero-order chi connectivity index (χ0) is 22.7. The Balaban J connectivity index is 1.42. The van der Waals surface area contributed by atoms with Crippen LogP contribution in [0.15, 0.2) is 30.5 Å². The number of halogens is 4. The Bertz CT molecular complexity index is 1120. The molecule has 0 radical (unpaired) electrons. The Labute approximate surface area is 185 Å². The van der Waals surface area contributed by atoms with Crippen LogP contribution in [0.25, 0.3) is 11.0 Å². The maximum atomic E-state index is 12.5. The SMILES string of the molecule is O=C(Nc1ccc2nc(CN3CCOCC3)[nH]c2c1)c1cnc(OCC(F)(F)F)c(Cl)c1. The molecule has 2 N–H and O–H groups in total. The number of nitrogens with zero attached hydrogens (tertiary/aromatic N) is 3. The Morgan fingerprint density at radius 1 is 1.28 bits per heavy atom. The minimum Gasteiger partial charge on any atom is -0.467 e. The van der Waals surface area contributed by atoms with Gasteiger partial charge in [-0.1, -0.05) is 11.6 Å². The highest BCUT2D eigenvalue weighted by Gasteiger charge is 2.29. The van der Waals surface area contributed by atoms with Gasteiger partial charge in [-0.25, -0.2) is 9.97 Å². The number of aromatic nitrogens is 3. The first kappa shape index (κ1) is 22.3. The summed E-state index contributed by atoms with van der Waals surface area (Å²) in [5, 5.41) is 2.52. The Morgan fingerprint density at radius 3 is 2.78 bits per heavy atom. The number of rotatable bonds is 6. The summed E-state index contributed by atoms with van der Waals surface area (Å²) in [5.74, 6) is -0.0998. The minimum absolute atomic E-state index is 0.0760. The predicted octanol–water partition coefficient (Wildman–Crippen LogP) is 3.64. The van der Waals surface area contributed by atoms with Crippen molar-refractivity contribution in [1.82, 2.24) is 19.9 Å². The molecule has 0 saturated carbocycles. The second-order valence-corrected chi connectivity index (χ2v) is 7.58. The smallest absolute Gasteiger partial charge is 0.422 e. The number of ether oxygens (including phenoxy) is 2. The second-order valence-electron chi connectivity index (χ2n) is 7.17. The molecule has 0 spiro atoms. The molecule has 12 heteroatoms. The lowest BCUT2D eigenvalue weighted by Crippen LogP contribution is -2.35. The molecule has 0 atom stereocenters. The van der Waals surface area contributed by atoms with Gasteiger partial charge in [0.05, 0.1) is 36.4 Å². The number of morpholine rings is 1. The summed E-state index contributed by atoms with van der Waals surface area (Å²) in [7, 11) is 0. The van der Waals surface area contributed by atoms with Crippen molar-refractivity contribution in [3.05, 3.63) is 46.9 Å². The van der Waals surface area contributed by atoms with E-state index in [9.17, 15) is 18.0 Å². The summed E-state index contributed by atoms with van der Waals surface area (Å²) in [4.78, 5) is 26.3. The van der Waals surface area contributed by atoms with Gasteiger partial charge in [-0.15, -0.1) is 0 Å². The number of aromatic amines is 1. The van der Waals surface area contributed by atoms with E-state index in [4.69, 9.17) is 16.3 Å². The summed E-state index contributed by atoms with van der Waals surface area (Å²) < 4.78 is 46.7. The van der Waals surface area contributed by atoms with Crippen molar-refractivity contribution in [2.24, 2.45) is 0 Å². The number of carbonyl (C=O) groups excluding carboxylic acids is 1. The van der Waals surface area contributed by atoms with E-state index in [-0.39, 0.29) is 10.6 Å². The standard InChI is InChI=1S/C20H19ClF3N5O3/c21-14-7-12(9-25-19(14)32-11-20(22,23)24)18(30)26-13-1-2-15-16(8-13)28-17(27-15)10-29-3-5-31-6-4-29/h1-2,7-9H,3-6,10-11H2,(H,26,30)(H,27,28). The van der Waals surface area contributed by atoms with Crippen LogP contribution >= 0.6 is 11.6 Å². The third-order valence-electron chi connectivity index (χ3n) is 4.71. The average Bonchev–Trinajstić information content (AvgIpc) is 3.14. The van der Waals surface area contributed by atoms with E-state index in [1.807, 2.05) is 0 Å². The number of hydrogen-bond acceptors (Lipinski definition) is 6. The first-order valence-corrected chi connectivity index (χ1v) is 10.1. The quantitative estimate of drug-likeness (QED) is 0.572. The summed E-state index contributed by atoms with van der Waals surface area (Å²) >= 11 is 5.91. The van der Waals surface area contributed by atoms with E-state index < -0.39 is 24.6 Å². The molecular formula is C20H19ClF3N5O3. The van der Waals surface area contributed by atoms with Gasteiger partial charge in [-0.3, -0.25) is 9.69 Å². The topological polar surface area (TPSA) is 92.4 Å². The molecule has 3 heterocycles. The number of amides is 1. The molecule has 0 bridgehead atoms. The highest BCUT2D eigenvalue weighted by Crippen LogP contribution is 2.26. The van der Waals surface area contributed by atoms with Crippen molar-refractivity contribution in [3.63, 3.8) is 0 Å². The zero-order valence-corrected chi connectivity index (χ0v) is 17.5. The number of carbonyl (C=O) groups is 1. The fraction of sp³-hybridized carbons (Fsp3) is 0.350. The van der Waals surface area contributed by atoms with Gasteiger partial charge in [0.1, 0.15) is 10.8 Å². The first-order valence-electron chi connectivity index (χ1n) is 9.72. The second kappa shape index (κ2) is 9.31. The number of hydrogen-bond donors (Lipinski definition) is 2. The molecule has 1 aliphatic rings. The lowest BCUT2D eigenvalue weighted by molar-refractivity contribution is -0.154. The van der Waals surface area contributed by atoms with Crippen molar-refractivity contribution >= 4 is 34.2 Å². The van der Waals surface area contributed by atoms with Gasteiger partial charge < -0.3 is 19.8 Å². The number of fused-ring (bicyclic) bond motifs is 1. The molecule has 1 fully saturated rings. The van der Waals surface area contributed by atoms with Crippen molar-refractivity contribution in [1.29, 1.82) is 0 Å². The van der Waals surface area contributed by atoms with E-state index in [2.05, 4.69) is 29.9 Å². The van der Waals surface area contributed by atoms with E-state index in [1.54, 1.807) is 18.2 Å². The number of H-pyrrole nitrogens is 1. The fourth-order valence-electron chi connectivity index (χ4n) is 3.20. The van der Waals surface area contributed by atoms with Gasteiger partial charge in [0.2, 0.25) is 5.88 Å². The van der Waals surface area contributed by atoms with Crippen molar-refractivity contribution < 1.29 is 27.4 Å². The zero-order valence-electron chi connectivity index (χ0n) is 16.7. The van der Waals surface area contributed by atoms with Gasteiger partial charge in [-0.05, 0) is 24.3 Å². The molecular weight excluding hydrogens is 451 g/mol. The van der Waals surface area contributed by atoms with Crippen LogP contribution in [0.1, 0.15) is 16.2 Å². The van der Waals surface area contributed by atoms with E-state index in [0.29, 0.717) is 25.4 Å². The monoisotopic (exact) mass is 469 g/mol. The summed E-state index contributed by atoms with van der Waals surface area (Å²) in [6.07, 6.45) is -3.42. The molecule has 170 valence electrons. The van der Waals surface area contributed by atoms with Crippen LogP contribution in [0.2, 0.25) is 5.02 Å². The summed E-state index contributed by atoms with van der Waals surface area (Å²) in [5.41, 5.74) is 2.12. The molecule has 1 amide bonds. The minimum atomic E-state index is -4.52. The molecule has 32 heavy (non-hydrogen) atoms. The number of anilines is 1. The van der Waals surface area contributed by atoms with Crippen LogP contribution in [-0.2, 0) is 11.3 Å². The molecule has 1 aromatic carbocycles. The summed E-state index contributed by atoms with van der Waals surface area (Å²) in [6.45, 7) is 2.23. The molecule has 2 aromatic heterocycles. The Kier molecular flexibility index (Phi) is 6.49. The van der Waals surface area contributed by atoms with Crippen molar-refractivity contribution in [2.45, 2.75) is 12.7 Å². The Hall–Kier alpha value is -2.89. The van der Waals surface area contributed by atoms with E-state index >= 15 is 0 Å². The highest BCUT2D eigenvalue weighted by atomic mass is 35.5. The normalized spacial score (nSPS) is 15.1. The van der Waals surface area contributed by atoms with Gasteiger partial charge in [0.15, 0.2) is 6.61 Å². The molecule has 0 aliphatic carbocycles. The molecule has 1 saturated heterocycles. The number of nitrogens with one attached hydrogen (secondary N) is 2. The summed E-state index contributed by atoms with van der Waals surface area (Å²) in [6, 6.07) is 6.43. The van der Waals surface area contributed by atoms with Crippen LogP contribution in [-0.4, -0.2) is 64.8 Å². The molecule has 0 unspecified atom stereocenters. The predicted molar refractivity (Wildman–Crippen MR) is 111 cm³/mol. The van der Waals surface area contributed by atoms with Crippen molar-refractivity contribution in [2.75, 3.05) is 38.2 Å². The maximum absolute atomic E-state index is 12.5. The number of pyridine rings is 1. The largest absolute Gasteiger partial charge is 0.467 e. The molecule has 3 aromatic rings. The van der Waals surface area contributed by atoms with Crippen LogP contribution in [0.5, 0.6) is 5.88 Å². The van der Waals surface area contributed by atoms with Gasteiger partial charge in [0.25, 0.3) is 5.91 Å². The van der Waals surface area contributed by atoms with Crippen LogP contribution in [0, 0.1) is 0 Å². The van der Waals surface area contributed by atoms with Gasteiger partial charge >= 0.3 is 6.18 Å². The van der Waals surface area contributed by atoms with Crippen LogP contribution in [0.3, 0.4) is 0 Å². The lowest BCUT2D eigenvalue weighted by Gasteiger charge is -2.25. The van der Waals surface area contributed by atoms with Crippen molar-refractivity contribution in [3.8, 4) is 5.88 Å². The average molecular weight is 470 g/mol. The highest BCUT2D eigenvalue weighted by molar-refractivity contribution is 6.32. The molecule has 1 aliphatic heterocycles. The molecule has 8 nitrogen and oxygen atoms in total. The maximum Gasteiger partial charge on any atom is 0.422 e. The lowest BCUT2D eigenvalue weighted by atomic mass is 10.2. The number of imidazole rings is 1. The van der Waals surface area contributed by atoms with Crippen LogP contribution < -0.4 is 10.1 Å². The van der Waals surface area contributed by atoms with E-state index in [1.165, 1.54) is 6.07 Å². The fourth-order valence-corrected chi connectivity index (χ4v) is 3.42. The third kappa shape index (κ3) is 5.67. The molecule has 4 rings (SSSR count). The van der Waals surface area contributed by atoms with E-state index in [0.717, 1.165) is 36.1 Å². The number of benzene rings is 1.